The van der Waals surface area contributed by atoms with Crippen LogP contribution in [0, 0.1) is 11.3 Å². The number of rotatable bonds is 6. The van der Waals surface area contributed by atoms with Gasteiger partial charge < -0.3 is 14.4 Å². The van der Waals surface area contributed by atoms with Crippen molar-refractivity contribution < 1.29 is 14.3 Å². The molecule has 1 saturated heterocycles. The lowest BCUT2D eigenvalue weighted by Crippen LogP contribution is -2.39. The van der Waals surface area contributed by atoms with E-state index in [9.17, 15) is 4.79 Å². The number of likely N-dealkylation sites (tertiary alicyclic amines) is 1. The molecule has 0 saturated carbocycles. The normalized spacial score (nSPS) is 21.4. The predicted molar refractivity (Wildman–Crippen MR) is 80.4 cm³/mol. The third-order valence-corrected chi connectivity index (χ3v) is 4.11. The average Bonchev–Trinajstić information content (AvgIpc) is 2.52. The van der Waals surface area contributed by atoms with Gasteiger partial charge in [0.15, 0.2) is 6.29 Å². The molecule has 118 valence electrons. The van der Waals surface area contributed by atoms with E-state index < -0.39 is 0 Å². The maximum absolute atomic E-state index is 12.2. The second-order valence-corrected chi connectivity index (χ2v) is 6.57. The zero-order valence-corrected chi connectivity index (χ0v) is 13.8. The first-order valence-electron chi connectivity index (χ1n) is 7.89. The monoisotopic (exact) mass is 285 g/mol. The molecule has 0 bridgehead atoms. The summed E-state index contributed by atoms with van der Waals surface area (Å²) in [5.74, 6) is 0.843. The molecule has 0 radical (unpaired) electrons. The standard InChI is InChI=1S/C16H31NO3/c1-6-19-15(20-7-2)12-17-11-10-13(16(3,4)5)8-9-14(17)18/h13,15H,6-12H2,1-5H3. The zero-order valence-electron chi connectivity index (χ0n) is 13.8. The molecule has 0 aromatic carbocycles. The van der Waals surface area contributed by atoms with Crippen molar-refractivity contribution in [1.82, 2.24) is 4.90 Å². The van der Waals surface area contributed by atoms with Crippen molar-refractivity contribution in [3.8, 4) is 0 Å². The molecule has 0 aromatic heterocycles. The molecule has 20 heavy (non-hydrogen) atoms. The molecule has 4 nitrogen and oxygen atoms in total. The van der Waals surface area contributed by atoms with E-state index >= 15 is 0 Å². The van der Waals surface area contributed by atoms with Crippen LogP contribution in [0.15, 0.2) is 0 Å². The molecular weight excluding hydrogens is 254 g/mol. The molecule has 1 rings (SSSR count). The Morgan fingerprint density at radius 2 is 1.80 bits per heavy atom. The highest BCUT2D eigenvalue weighted by Crippen LogP contribution is 2.34. The lowest BCUT2D eigenvalue weighted by atomic mass is 9.77. The quantitative estimate of drug-likeness (QED) is 0.704. The summed E-state index contributed by atoms with van der Waals surface area (Å²) in [6.45, 7) is 13.3. The Morgan fingerprint density at radius 1 is 1.20 bits per heavy atom. The first kappa shape index (κ1) is 17.4. The summed E-state index contributed by atoms with van der Waals surface area (Å²) in [5.41, 5.74) is 0.273. The second-order valence-electron chi connectivity index (χ2n) is 6.57. The zero-order chi connectivity index (χ0) is 15.2. The molecular formula is C16H31NO3. The summed E-state index contributed by atoms with van der Waals surface area (Å²) in [5, 5.41) is 0. The van der Waals surface area contributed by atoms with Crippen molar-refractivity contribution in [1.29, 1.82) is 0 Å². The molecule has 0 spiro atoms. The average molecular weight is 285 g/mol. The first-order chi connectivity index (χ1) is 9.38. The molecule has 1 unspecified atom stereocenters. The van der Waals surface area contributed by atoms with Crippen LogP contribution >= 0.6 is 0 Å². The Kier molecular flexibility index (Phi) is 6.96. The van der Waals surface area contributed by atoms with E-state index in [0.29, 0.717) is 32.1 Å². The highest BCUT2D eigenvalue weighted by atomic mass is 16.7. The molecule has 4 heteroatoms. The van der Waals surface area contributed by atoms with Gasteiger partial charge in [-0.25, -0.2) is 0 Å². The fourth-order valence-corrected chi connectivity index (χ4v) is 2.80. The van der Waals surface area contributed by atoms with Crippen molar-refractivity contribution in [2.24, 2.45) is 11.3 Å². The van der Waals surface area contributed by atoms with Crippen LogP contribution in [0.5, 0.6) is 0 Å². The van der Waals surface area contributed by atoms with Gasteiger partial charge in [-0.05, 0) is 38.0 Å². The lowest BCUT2D eigenvalue weighted by molar-refractivity contribution is -0.158. The number of hydrogen-bond donors (Lipinski definition) is 0. The second kappa shape index (κ2) is 7.99. The molecule has 0 N–H and O–H groups in total. The number of hydrogen-bond acceptors (Lipinski definition) is 3. The predicted octanol–water partition coefficient (Wildman–Crippen LogP) is 3.06. The van der Waals surface area contributed by atoms with Crippen molar-refractivity contribution in [2.45, 2.75) is 60.2 Å². The lowest BCUT2D eigenvalue weighted by Gasteiger charge is -2.30. The Labute approximate surface area is 123 Å². The van der Waals surface area contributed by atoms with Gasteiger partial charge in [0.2, 0.25) is 5.91 Å². The minimum absolute atomic E-state index is 0.237. The van der Waals surface area contributed by atoms with Gasteiger partial charge in [-0.1, -0.05) is 20.8 Å². The van der Waals surface area contributed by atoms with Crippen LogP contribution in [0.2, 0.25) is 0 Å². The SMILES string of the molecule is CCOC(CN1CCC(C(C)(C)C)CCC1=O)OCC. The molecule has 1 amide bonds. The molecule has 1 aliphatic rings. The number of amides is 1. The smallest absolute Gasteiger partial charge is 0.222 e. The molecule has 0 aromatic rings. The summed E-state index contributed by atoms with van der Waals surface area (Å²) < 4.78 is 11.1. The van der Waals surface area contributed by atoms with Crippen LogP contribution in [0.4, 0.5) is 0 Å². The molecule has 1 heterocycles. The van der Waals surface area contributed by atoms with Crippen LogP contribution in [0.3, 0.4) is 0 Å². The van der Waals surface area contributed by atoms with Crippen LogP contribution in [0.25, 0.3) is 0 Å². The van der Waals surface area contributed by atoms with Crippen molar-refractivity contribution in [3.63, 3.8) is 0 Å². The Balaban J connectivity index is 2.59. The summed E-state index contributed by atoms with van der Waals surface area (Å²) in [4.78, 5) is 14.2. The van der Waals surface area contributed by atoms with E-state index in [0.717, 1.165) is 19.4 Å². The Hall–Kier alpha value is -0.610. The van der Waals surface area contributed by atoms with Gasteiger partial charge in [0.05, 0.1) is 6.54 Å². The van der Waals surface area contributed by atoms with Gasteiger partial charge in [0.25, 0.3) is 0 Å². The van der Waals surface area contributed by atoms with Crippen LogP contribution in [-0.4, -0.2) is 43.4 Å². The summed E-state index contributed by atoms with van der Waals surface area (Å²) >= 11 is 0. The summed E-state index contributed by atoms with van der Waals surface area (Å²) in [7, 11) is 0. The topological polar surface area (TPSA) is 38.8 Å². The van der Waals surface area contributed by atoms with E-state index in [4.69, 9.17) is 9.47 Å². The number of carbonyl (C=O) groups is 1. The minimum Gasteiger partial charge on any atom is -0.351 e. The number of nitrogens with zero attached hydrogens (tertiary/aromatic N) is 1. The van der Waals surface area contributed by atoms with Gasteiger partial charge in [0, 0.05) is 26.2 Å². The van der Waals surface area contributed by atoms with Crippen LogP contribution < -0.4 is 0 Å². The number of carbonyl (C=O) groups excluding carboxylic acids is 1. The third-order valence-electron chi connectivity index (χ3n) is 4.11. The van der Waals surface area contributed by atoms with Crippen LogP contribution in [-0.2, 0) is 14.3 Å². The molecule has 1 atom stereocenters. The van der Waals surface area contributed by atoms with E-state index in [-0.39, 0.29) is 17.6 Å². The van der Waals surface area contributed by atoms with Gasteiger partial charge in [0.1, 0.15) is 0 Å². The fraction of sp³-hybridized carbons (Fsp3) is 0.938. The van der Waals surface area contributed by atoms with Gasteiger partial charge >= 0.3 is 0 Å². The molecule has 0 aliphatic carbocycles. The molecule has 1 aliphatic heterocycles. The Bertz CT molecular complexity index is 293. The molecule has 1 fully saturated rings. The maximum atomic E-state index is 12.2. The third kappa shape index (κ3) is 5.41. The highest BCUT2D eigenvalue weighted by molar-refractivity contribution is 5.76. The summed E-state index contributed by atoms with van der Waals surface area (Å²) in [6, 6.07) is 0. The minimum atomic E-state index is -0.292. The van der Waals surface area contributed by atoms with E-state index in [1.165, 1.54) is 0 Å². The largest absolute Gasteiger partial charge is 0.351 e. The van der Waals surface area contributed by atoms with E-state index in [1.807, 2.05) is 18.7 Å². The van der Waals surface area contributed by atoms with Crippen molar-refractivity contribution in [2.75, 3.05) is 26.3 Å². The fourth-order valence-electron chi connectivity index (χ4n) is 2.80. The van der Waals surface area contributed by atoms with E-state index in [2.05, 4.69) is 20.8 Å². The number of ether oxygens (including phenoxy) is 2. The highest BCUT2D eigenvalue weighted by Gasteiger charge is 2.30. The first-order valence-corrected chi connectivity index (χ1v) is 7.89. The maximum Gasteiger partial charge on any atom is 0.222 e. The van der Waals surface area contributed by atoms with Crippen LogP contribution in [0.1, 0.15) is 53.9 Å². The summed E-state index contributed by atoms with van der Waals surface area (Å²) in [6.07, 6.45) is 2.42. The Morgan fingerprint density at radius 3 is 2.30 bits per heavy atom. The van der Waals surface area contributed by atoms with Gasteiger partial charge in [-0.15, -0.1) is 0 Å². The van der Waals surface area contributed by atoms with E-state index in [1.54, 1.807) is 0 Å². The van der Waals surface area contributed by atoms with Crippen molar-refractivity contribution >= 4 is 5.91 Å². The van der Waals surface area contributed by atoms with Gasteiger partial charge in [-0.3, -0.25) is 4.79 Å². The van der Waals surface area contributed by atoms with Crippen molar-refractivity contribution in [3.05, 3.63) is 0 Å². The van der Waals surface area contributed by atoms with Gasteiger partial charge in [-0.2, -0.15) is 0 Å².